The van der Waals surface area contributed by atoms with E-state index in [1.54, 1.807) is 0 Å². The largest absolute Gasteiger partial charge is 0.490 e. The molecule has 0 amide bonds. The fraction of sp³-hybridized carbons (Fsp3) is 0.333. The molecule has 21 heavy (non-hydrogen) atoms. The van der Waals surface area contributed by atoms with E-state index in [1.807, 2.05) is 18.2 Å². The second-order valence-corrected chi connectivity index (χ2v) is 5.85. The summed E-state index contributed by atoms with van der Waals surface area (Å²) in [6, 6.07) is 16.7. The summed E-state index contributed by atoms with van der Waals surface area (Å²) in [5.41, 5.74) is 3.92. The smallest absolute Gasteiger partial charge is 0.124 e. The Labute approximate surface area is 124 Å². The van der Waals surface area contributed by atoms with E-state index in [0.29, 0.717) is 6.61 Å². The lowest BCUT2D eigenvalue weighted by Crippen LogP contribution is -2.44. The van der Waals surface area contributed by atoms with Crippen molar-refractivity contribution in [3.63, 3.8) is 0 Å². The lowest BCUT2D eigenvalue weighted by Gasteiger charge is -2.41. The third-order valence-electron chi connectivity index (χ3n) is 4.57. The van der Waals surface area contributed by atoms with Crippen molar-refractivity contribution in [2.24, 2.45) is 0 Å². The standard InChI is InChI=1S/C18H19NO2/c20-16-12-21-17-8-4-3-7-15(17)18(16)19-10-9-13-5-1-2-6-14(13)11-19/h1-8,16,18,20H,9-12H2. The molecule has 0 bridgehead atoms. The van der Waals surface area contributed by atoms with Crippen LogP contribution in [0.25, 0.3) is 0 Å². The molecule has 2 unspecified atom stereocenters. The fourth-order valence-electron chi connectivity index (χ4n) is 3.52. The van der Waals surface area contributed by atoms with E-state index in [-0.39, 0.29) is 6.04 Å². The van der Waals surface area contributed by atoms with E-state index >= 15 is 0 Å². The number of aliphatic hydroxyl groups excluding tert-OH is 1. The summed E-state index contributed by atoms with van der Waals surface area (Å²) in [4.78, 5) is 2.38. The molecule has 0 spiro atoms. The maximum absolute atomic E-state index is 10.4. The number of ether oxygens (including phenoxy) is 1. The molecule has 4 rings (SSSR count). The second-order valence-electron chi connectivity index (χ2n) is 5.85. The fourth-order valence-corrected chi connectivity index (χ4v) is 3.52. The van der Waals surface area contributed by atoms with Crippen LogP contribution >= 0.6 is 0 Å². The molecule has 2 aromatic rings. The maximum Gasteiger partial charge on any atom is 0.124 e. The van der Waals surface area contributed by atoms with E-state index in [2.05, 4.69) is 35.2 Å². The Hall–Kier alpha value is -1.84. The van der Waals surface area contributed by atoms with Gasteiger partial charge < -0.3 is 9.84 Å². The summed E-state index contributed by atoms with van der Waals surface area (Å²) in [6.07, 6.45) is 0.577. The molecule has 0 fully saturated rings. The minimum atomic E-state index is -0.467. The van der Waals surface area contributed by atoms with E-state index in [1.165, 1.54) is 11.1 Å². The average molecular weight is 281 g/mol. The van der Waals surface area contributed by atoms with Gasteiger partial charge in [0.1, 0.15) is 18.5 Å². The third-order valence-corrected chi connectivity index (χ3v) is 4.57. The molecular formula is C18H19NO2. The van der Waals surface area contributed by atoms with Gasteiger partial charge in [-0.25, -0.2) is 0 Å². The number of hydrogen-bond acceptors (Lipinski definition) is 3. The van der Waals surface area contributed by atoms with Crippen molar-refractivity contribution >= 4 is 0 Å². The van der Waals surface area contributed by atoms with Gasteiger partial charge in [-0.2, -0.15) is 0 Å². The SMILES string of the molecule is OC1COc2ccccc2C1N1CCc2ccccc2C1. The Morgan fingerprint density at radius 3 is 2.67 bits per heavy atom. The molecule has 2 aromatic carbocycles. The number of rotatable bonds is 1. The highest BCUT2D eigenvalue weighted by atomic mass is 16.5. The van der Waals surface area contributed by atoms with Crippen molar-refractivity contribution in [1.29, 1.82) is 0 Å². The molecule has 3 heteroatoms. The zero-order valence-corrected chi connectivity index (χ0v) is 11.9. The molecule has 0 radical (unpaired) electrons. The van der Waals surface area contributed by atoms with Crippen LogP contribution < -0.4 is 4.74 Å². The van der Waals surface area contributed by atoms with Gasteiger partial charge in [0.25, 0.3) is 0 Å². The highest BCUT2D eigenvalue weighted by Gasteiger charge is 2.35. The third kappa shape index (κ3) is 2.23. The Morgan fingerprint density at radius 2 is 1.76 bits per heavy atom. The topological polar surface area (TPSA) is 32.7 Å². The quantitative estimate of drug-likeness (QED) is 0.872. The highest BCUT2D eigenvalue weighted by molar-refractivity contribution is 5.39. The Bertz CT molecular complexity index is 655. The summed E-state index contributed by atoms with van der Waals surface area (Å²) < 4.78 is 5.65. The molecule has 2 atom stereocenters. The molecule has 0 aliphatic carbocycles. The van der Waals surface area contributed by atoms with E-state index in [0.717, 1.165) is 30.8 Å². The second kappa shape index (κ2) is 5.17. The van der Waals surface area contributed by atoms with Crippen LogP contribution in [0.1, 0.15) is 22.7 Å². The zero-order valence-electron chi connectivity index (χ0n) is 11.9. The van der Waals surface area contributed by atoms with Crippen molar-refractivity contribution in [3.8, 4) is 5.75 Å². The number of nitrogens with zero attached hydrogens (tertiary/aromatic N) is 1. The summed E-state index contributed by atoms with van der Waals surface area (Å²) >= 11 is 0. The normalized spacial score (nSPS) is 24.8. The number of benzene rings is 2. The van der Waals surface area contributed by atoms with Gasteiger partial charge in [-0.1, -0.05) is 42.5 Å². The molecule has 1 N–H and O–H groups in total. The van der Waals surface area contributed by atoms with Crippen LogP contribution in [-0.2, 0) is 13.0 Å². The first-order valence-electron chi connectivity index (χ1n) is 7.53. The van der Waals surface area contributed by atoms with Crippen LogP contribution in [0.3, 0.4) is 0 Å². The van der Waals surface area contributed by atoms with Crippen LogP contribution in [0.5, 0.6) is 5.75 Å². The van der Waals surface area contributed by atoms with Crippen molar-refractivity contribution in [3.05, 3.63) is 65.2 Å². The molecule has 2 aliphatic rings. The van der Waals surface area contributed by atoms with Gasteiger partial charge in [-0.15, -0.1) is 0 Å². The van der Waals surface area contributed by atoms with Crippen molar-refractivity contribution < 1.29 is 9.84 Å². The van der Waals surface area contributed by atoms with Crippen LogP contribution in [0, 0.1) is 0 Å². The van der Waals surface area contributed by atoms with E-state index in [4.69, 9.17) is 4.74 Å². The Balaban J connectivity index is 1.68. The lowest BCUT2D eigenvalue weighted by atomic mass is 9.92. The summed E-state index contributed by atoms with van der Waals surface area (Å²) in [6.45, 7) is 2.25. The molecule has 0 aromatic heterocycles. The van der Waals surface area contributed by atoms with Gasteiger partial charge in [0.15, 0.2) is 0 Å². The first kappa shape index (κ1) is 12.9. The predicted molar refractivity (Wildman–Crippen MR) is 81.2 cm³/mol. The molecule has 2 heterocycles. The number of aliphatic hydroxyl groups is 1. The summed E-state index contributed by atoms with van der Waals surface area (Å²) in [5, 5.41) is 10.4. The van der Waals surface area contributed by atoms with Crippen molar-refractivity contribution in [2.75, 3.05) is 13.2 Å². The highest BCUT2D eigenvalue weighted by Crippen LogP contribution is 2.38. The molecule has 3 nitrogen and oxygen atoms in total. The van der Waals surface area contributed by atoms with Crippen molar-refractivity contribution in [1.82, 2.24) is 4.90 Å². The van der Waals surface area contributed by atoms with Gasteiger partial charge >= 0.3 is 0 Å². The van der Waals surface area contributed by atoms with Crippen LogP contribution in [0.2, 0.25) is 0 Å². The first-order valence-corrected chi connectivity index (χ1v) is 7.53. The minimum absolute atomic E-state index is 0.0308. The van der Waals surface area contributed by atoms with E-state index in [9.17, 15) is 5.11 Å². The maximum atomic E-state index is 10.4. The minimum Gasteiger partial charge on any atom is -0.490 e. The van der Waals surface area contributed by atoms with Gasteiger partial charge in [-0.3, -0.25) is 4.90 Å². The van der Waals surface area contributed by atoms with Crippen LogP contribution in [-0.4, -0.2) is 29.3 Å². The molecule has 108 valence electrons. The monoisotopic (exact) mass is 281 g/mol. The van der Waals surface area contributed by atoms with Crippen LogP contribution in [0.15, 0.2) is 48.5 Å². The van der Waals surface area contributed by atoms with Crippen LogP contribution in [0.4, 0.5) is 0 Å². The molecule has 2 aliphatic heterocycles. The van der Waals surface area contributed by atoms with E-state index < -0.39 is 6.10 Å². The van der Waals surface area contributed by atoms with Gasteiger partial charge in [0.2, 0.25) is 0 Å². The zero-order chi connectivity index (χ0) is 14.2. The number of fused-ring (bicyclic) bond motifs is 2. The van der Waals surface area contributed by atoms with Gasteiger partial charge in [-0.05, 0) is 23.6 Å². The summed E-state index contributed by atoms with van der Waals surface area (Å²) in [5.74, 6) is 0.909. The van der Waals surface area contributed by atoms with Gasteiger partial charge in [0.05, 0.1) is 6.04 Å². The average Bonchev–Trinajstić information content (AvgIpc) is 2.54. The molecule has 0 saturated heterocycles. The first-order chi connectivity index (χ1) is 10.3. The molecular weight excluding hydrogens is 262 g/mol. The van der Waals surface area contributed by atoms with Crippen molar-refractivity contribution in [2.45, 2.75) is 25.1 Å². The number of para-hydroxylation sites is 1. The summed E-state index contributed by atoms with van der Waals surface area (Å²) in [7, 11) is 0. The Kier molecular flexibility index (Phi) is 3.17. The lowest BCUT2D eigenvalue weighted by molar-refractivity contribution is -0.00549. The molecule has 0 saturated carbocycles. The Morgan fingerprint density at radius 1 is 1.00 bits per heavy atom. The number of hydrogen-bond donors (Lipinski definition) is 1. The predicted octanol–water partition coefficient (Wildman–Crippen LogP) is 2.54. The van der Waals surface area contributed by atoms with Gasteiger partial charge in [0, 0.05) is 18.7 Å².